The van der Waals surface area contributed by atoms with Gasteiger partial charge in [-0.3, -0.25) is 4.79 Å². The molecule has 248 valence electrons. The second-order valence-electron chi connectivity index (χ2n) is 18.6. The summed E-state index contributed by atoms with van der Waals surface area (Å²) in [6.45, 7) is 26.1. The minimum absolute atomic E-state index is 0.0229. The molecule has 0 amide bonds. The molecule has 0 bridgehead atoms. The zero-order valence-corrected chi connectivity index (χ0v) is 30.2. The summed E-state index contributed by atoms with van der Waals surface area (Å²) in [7, 11) is 0. The van der Waals surface area contributed by atoms with Crippen molar-refractivity contribution in [1.29, 1.82) is 0 Å². The molecule has 1 aromatic carbocycles. The topological polar surface area (TPSA) is 35.5 Å². The van der Waals surface area contributed by atoms with Gasteiger partial charge in [-0.1, -0.05) is 71.9 Å². The van der Waals surface area contributed by atoms with E-state index in [-0.39, 0.29) is 33.2 Å². The van der Waals surface area contributed by atoms with E-state index in [4.69, 9.17) is 9.47 Å². The first-order chi connectivity index (χ1) is 21.6. The van der Waals surface area contributed by atoms with Gasteiger partial charge in [0.1, 0.15) is 5.78 Å². The van der Waals surface area contributed by atoms with Gasteiger partial charge >= 0.3 is 0 Å². The minimum Gasteiger partial charge on any atom is -0.478 e. The predicted octanol–water partition coefficient (Wildman–Crippen LogP) is 10.7. The lowest BCUT2D eigenvalue weighted by Gasteiger charge is -2.70. The number of hydrogen-bond donors (Lipinski definition) is 0. The Hall–Kier alpha value is -2.29. The standard InChI is InChI=1S/C43H58O3/c1-25(2)30-12-11-27(4)42-16-15-28(5)43(42,23-30)45-34-22-32-31(29(6)37(34)46-42)13-14-35-39(32,8)18-20-41(10)36-21-26(3)33(44)24-38(36,7)17-19-40(35,41)9/h13-15,22,26-27,30,35-36H,1,11-12,16-21,23-24H2,2-10H3/t26-,27?,30?,35+,36-,38+,39+,40-,41+,42-,43-/m1/s1. The van der Waals surface area contributed by atoms with Gasteiger partial charge in [0.25, 0.3) is 0 Å². The van der Waals surface area contributed by atoms with Crippen LogP contribution < -0.4 is 9.47 Å². The molecule has 1 aromatic rings. The Balaban J connectivity index is 1.23. The van der Waals surface area contributed by atoms with E-state index in [1.807, 2.05) is 0 Å². The average molecular weight is 623 g/mol. The first-order valence-electron chi connectivity index (χ1n) is 18.6. The number of allylic oxidation sites excluding steroid dienone is 2. The summed E-state index contributed by atoms with van der Waals surface area (Å²) >= 11 is 0. The van der Waals surface area contributed by atoms with Crippen molar-refractivity contribution in [3.8, 4) is 11.5 Å². The maximum absolute atomic E-state index is 13.0. The highest BCUT2D eigenvalue weighted by atomic mass is 16.6. The van der Waals surface area contributed by atoms with Gasteiger partial charge in [0.2, 0.25) is 0 Å². The second-order valence-corrected chi connectivity index (χ2v) is 18.6. The number of carbonyl (C=O) groups is 1. The fourth-order valence-electron chi connectivity index (χ4n) is 13.2. The highest BCUT2D eigenvalue weighted by molar-refractivity contribution is 5.82. The Bertz CT molecular complexity index is 1610. The largest absolute Gasteiger partial charge is 0.478 e. The lowest BCUT2D eigenvalue weighted by molar-refractivity contribution is -0.191. The van der Waals surface area contributed by atoms with Crippen LogP contribution in [0, 0.1) is 52.8 Å². The van der Waals surface area contributed by atoms with Crippen LogP contribution in [0.4, 0.5) is 0 Å². The molecule has 4 fully saturated rings. The maximum Gasteiger partial charge on any atom is 0.170 e. The van der Waals surface area contributed by atoms with Gasteiger partial charge in [0.05, 0.1) is 0 Å². The van der Waals surface area contributed by atoms with E-state index >= 15 is 0 Å². The van der Waals surface area contributed by atoms with Crippen LogP contribution in [0.1, 0.15) is 136 Å². The number of fused-ring (bicyclic) bond motifs is 8. The molecular formula is C43H58O3. The fourth-order valence-corrected chi connectivity index (χ4v) is 13.2. The van der Waals surface area contributed by atoms with E-state index in [9.17, 15) is 4.79 Å². The number of benzene rings is 1. The number of ketones is 1. The summed E-state index contributed by atoms with van der Waals surface area (Å²) in [6.07, 6.45) is 18.2. The van der Waals surface area contributed by atoms with Crippen LogP contribution in [-0.2, 0) is 10.2 Å². The van der Waals surface area contributed by atoms with E-state index in [1.54, 1.807) is 0 Å². The van der Waals surface area contributed by atoms with Crippen LogP contribution in [0.3, 0.4) is 0 Å². The minimum atomic E-state index is -0.453. The monoisotopic (exact) mass is 622 g/mol. The smallest absolute Gasteiger partial charge is 0.170 e. The zero-order chi connectivity index (χ0) is 32.8. The molecule has 0 spiro atoms. The number of hydrogen-bond acceptors (Lipinski definition) is 3. The number of ether oxygens (including phenoxy) is 2. The molecule has 8 rings (SSSR count). The van der Waals surface area contributed by atoms with Crippen LogP contribution in [0.2, 0.25) is 0 Å². The van der Waals surface area contributed by atoms with Crippen LogP contribution in [0.25, 0.3) is 6.08 Å². The summed E-state index contributed by atoms with van der Waals surface area (Å²) in [5, 5.41) is 0. The molecule has 0 aromatic heterocycles. The Morgan fingerprint density at radius 1 is 0.978 bits per heavy atom. The molecule has 1 aliphatic heterocycles. The summed E-state index contributed by atoms with van der Waals surface area (Å²) in [4.78, 5) is 13.0. The third kappa shape index (κ3) is 3.54. The molecule has 0 N–H and O–H groups in total. The number of rotatable bonds is 1. The molecule has 11 atom stereocenters. The van der Waals surface area contributed by atoms with Gasteiger partial charge in [0, 0.05) is 42.1 Å². The lowest BCUT2D eigenvalue weighted by atomic mass is 9.34. The molecule has 3 heteroatoms. The molecular weight excluding hydrogens is 564 g/mol. The van der Waals surface area contributed by atoms with Gasteiger partial charge < -0.3 is 9.47 Å². The molecule has 0 saturated heterocycles. The van der Waals surface area contributed by atoms with Crippen LogP contribution in [0.15, 0.2) is 35.9 Å². The van der Waals surface area contributed by atoms with Crippen molar-refractivity contribution in [2.45, 2.75) is 143 Å². The average Bonchev–Trinajstić information content (AvgIpc) is 3.21. The summed E-state index contributed by atoms with van der Waals surface area (Å²) < 4.78 is 15.0. The lowest BCUT2D eigenvalue weighted by Crippen LogP contribution is -2.65. The third-order valence-corrected chi connectivity index (χ3v) is 16.6. The van der Waals surface area contributed by atoms with Crippen LogP contribution in [-0.4, -0.2) is 17.0 Å². The molecule has 46 heavy (non-hydrogen) atoms. The van der Waals surface area contributed by atoms with Crippen LogP contribution in [0.5, 0.6) is 11.5 Å². The molecule has 1 heterocycles. The van der Waals surface area contributed by atoms with Gasteiger partial charge in [-0.15, -0.1) is 0 Å². The fraction of sp³-hybridized carbons (Fsp3) is 0.698. The Morgan fingerprint density at radius 3 is 2.46 bits per heavy atom. The van der Waals surface area contributed by atoms with Gasteiger partial charge in [-0.2, -0.15) is 0 Å². The third-order valence-electron chi connectivity index (χ3n) is 16.6. The summed E-state index contributed by atoms with van der Waals surface area (Å²) in [5.74, 6) is 4.48. The zero-order valence-electron chi connectivity index (χ0n) is 30.2. The Kier molecular flexibility index (Phi) is 6.36. The number of carbonyl (C=O) groups excluding carboxylic acids is 1. The summed E-state index contributed by atoms with van der Waals surface area (Å²) in [5.41, 5.74) is 6.40. The predicted molar refractivity (Wildman–Crippen MR) is 187 cm³/mol. The van der Waals surface area contributed by atoms with Gasteiger partial charge in [0.15, 0.2) is 22.7 Å². The molecule has 6 aliphatic carbocycles. The Labute approximate surface area is 278 Å². The molecule has 7 aliphatic rings. The second kappa shape index (κ2) is 9.44. The highest BCUT2D eigenvalue weighted by Gasteiger charge is 2.69. The van der Waals surface area contributed by atoms with E-state index in [1.165, 1.54) is 40.7 Å². The van der Waals surface area contributed by atoms with Crippen LogP contribution >= 0.6 is 0 Å². The van der Waals surface area contributed by atoms with Crippen molar-refractivity contribution in [3.05, 3.63) is 52.6 Å². The van der Waals surface area contributed by atoms with Crippen molar-refractivity contribution < 1.29 is 14.3 Å². The van der Waals surface area contributed by atoms with E-state index in [0.29, 0.717) is 29.5 Å². The van der Waals surface area contributed by atoms with Gasteiger partial charge in [-0.25, -0.2) is 0 Å². The van der Waals surface area contributed by atoms with Crippen molar-refractivity contribution in [3.63, 3.8) is 0 Å². The van der Waals surface area contributed by atoms with Gasteiger partial charge in [-0.05, 0) is 122 Å². The molecule has 2 unspecified atom stereocenters. The maximum atomic E-state index is 13.0. The first kappa shape index (κ1) is 31.0. The SMILES string of the molecule is C=C(C)C1CCC(C)[C@]23CC=C(C)[C@@]2(C1)Oc1cc2c(c(C)c1O3)C=C[C@H]1[C@@]2(C)CC[C@@]2(C)[C@@H]3C[C@@H](C)C(=O)C[C@]3(C)CC[C@]12C. The van der Waals surface area contributed by atoms with E-state index in [0.717, 1.165) is 62.9 Å². The summed E-state index contributed by atoms with van der Waals surface area (Å²) in [6, 6.07) is 2.43. The van der Waals surface area contributed by atoms with E-state index in [2.05, 4.69) is 93.2 Å². The van der Waals surface area contributed by atoms with Crippen molar-refractivity contribution in [2.75, 3.05) is 0 Å². The quantitative estimate of drug-likeness (QED) is 0.292. The highest BCUT2D eigenvalue weighted by Crippen LogP contribution is 2.74. The Morgan fingerprint density at radius 2 is 1.72 bits per heavy atom. The molecule has 0 radical (unpaired) electrons. The first-order valence-corrected chi connectivity index (χ1v) is 18.6. The molecule has 4 saturated carbocycles. The van der Waals surface area contributed by atoms with Crippen molar-refractivity contribution >= 4 is 11.9 Å². The van der Waals surface area contributed by atoms with E-state index < -0.39 is 5.60 Å². The van der Waals surface area contributed by atoms with Crippen molar-refractivity contribution in [2.24, 2.45) is 45.8 Å². The molecule has 3 nitrogen and oxygen atoms in total. The number of Topliss-reactive ketones (excluding diaryl/α,β-unsaturated/α-hetero) is 1. The normalized spacial score (nSPS) is 48.5. The van der Waals surface area contributed by atoms with Crippen molar-refractivity contribution in [1.82, 2.24) is 0 Å².